The quantitative estimate of drug-likeness (QED) is 0.654. The molecule has 0 aromatic rings. The number of rotatable bonds is 7. The van der Waals surface area contributed by atoms with Crippen LogP contribution in [0.3, 0.4) is 0 Å². The summed E-state index contributed by atoms with van der Waals surface area (Å²) in [4.78, 5) is 2.63. The predicted molar refractivity (Wildman–Crippen MR) is 57.7 cm³/mol. The Hall–Kier alpha value is -0.0800. The molecule has 0 atom stereocenters. The van der Waals surface area contributed by atoms with Gasteiger partial charge >= 0.3 is 0 Å². The highest BCUT2D eigenvalue weighted by molar-refractivity contribution is 4.84. The van der Waals surface area contributed by atoms with Crippen LogP contribution in [0.5, 0.6) is 0 Å². The van der Waals surface area contributed by atoms with Gasteiger partial charge in [-0.25, -0.2) is 0 Å². The molecule has 0 bridgehead atoms. The first-order valence-electron chi connectivity index (χ1n) is 5.68. The molecule has 2 heteroatoms. The highest BCUT2D eigenvalue weighted by Crippen LogP contribution is 2.27. The smallest absolute Gasteiger partial charge is 0.00964 e. The van der Waals surface area contributed by atoms with Gasteiger partial charge in [0.1, 0.15) is 0 Å². The standard InChI is InChI=1S/C11H24N2/c1-10(2)6-9-13(8-3-7-12)11-4-5-11/h10-11H,3-9,12H2,1-2H3. The molecule has 0 spiro atoms. The normalized spacial score (nSPS) is 17.3. The minimum absolute atomic E-state index is 0.833. The highest BCUT2D eigenvalue weighted by Gasteiger charge is 2.27. The fourth-order valence-electron chi connectivity index (χ4n) is 1.64. The van der Waals surface area contributed by atoms with Gasteiger partial charge in [0.05, 0.1) is 0 Å². The molecule has 2 nitrogen and oxygen atoms in total. The predicted octanol–water partition coefficient (Wildman–Crippen LogP) is 1.85. The average Bonchev–Trinajstić information content (AvgIpc) is 2.87. The number of hydrogen-bond donors (Lipinski definition) is 1. The highest BCUT2D eigenvalue weighted by atomic mass is 15.2. The molecule has 0 amide bonds. The molecular formula is C11H24N2. The monoisotopic (exact) mass is 184 g/mol. The van der Waals surface area contributed by atoms with E-state index in [1.54, 1.807) is 0 Å². The molecular weight excluding hydrogens is 160 g/mol. The first kappa shape index (κ1) is 11.0. The van der Waals surface area contributed by atoms with E-state index in [-0.39, 0.29) is 0 Å². The number of nitrogens with two attached hydrogens (primary N) is 1. The van der Waals surface area contributed by atoms with Crippen molar-refractivity contribution in [2.24, 2.45) is 11.7 Å². The third kappa shape index (κ3) is 4.63. The minimum Gasteiger partial charge on any atom is -0.330 e. The molecule has 1 saturated carbocycles. The van der Waals surface area contributed by atoms with Crippen molar-refractivity contribution in [3.8, 4) is 0 Å². The lowest BCUT2D eigenvalue weighted by atomic mass is 10.1. The van der Waals surface area contributed by atoms with Crippen LogP contribution in [0.2, 0.25) is 0 Å². The molecule has 0 aromatic heterocycles. The van der Waals surface area contributed by atoms with Gasteiger partial charge in [-0.3, -0.25) is 0 Å². The molecule has 1 aliphatic carbocycles. The van der Waals surface area contributed by atoms with Gasteiger partial charge in [-0.2, -0.15) is 0 Å². The lowest BCUT2D eigenvalue weighted by molar-refractivity contribution is 0.246. The molecule has 78 valence electrons. The Kier molecular flexibility index (Phi) is 4.74. The Morgan fingerprint density at radius 2 is 2.00 bits per heavy atom. The zero-order valence-electron chi connectivity index (χ0n) is 9.13. The maximum atomic E-state index is 5.53. The van der Waals surface area contributed by atoms with Crippen LogP contribution in [0.1, 0.15) is 39.5 Å². The van der Waals surface area contributed by atoms with Crippen molar-refractivity contribution in [3.05, 3.63) is 0 Å². The summed E-state index contributed by atoms with van der Waals surface area (Å²) in [7, 11) is 0. The first-order chi connectivity index (χ1) is 6.24. The van der Waals surface area contributed by atoms with Gasteiger partial charge in [0, 0.05) is 6.04 Å². The summed E-state index contributed by atoms with van der Waals surface area (Å²) in [5, 5.41) is 0. The van der Waals surface area contributed by atoms with E-state index in [0.717, 1.165) is 24.9 Å². The van der Waals surface area contributed by atoms with E-state index in [1.807, 2.05) is 0 Å². The van der Waals surface area contributed by atoms with E-state index in [1.165, 1.54) is 32.4 Å². The van der Waals surface area contributed by atoms with Gasteiger partial charge in [0.2, 0.25) is 0 Å². The van der Waals surface area contributed by atoms with Crippen molar-refractivity contribution in [1.82, 2.24) is 4.90 Å². The van der Waals surface area contributed by atoms with Gasteiger partial charge in [0.25, 0.3) is 0 Å². The van der Waals surface area contributed by atoms with E-state index in [4.69, 9.17) is 5.73 Å². The molecule has 2 N–H and O–H groups in total. The first-order valence-corrected chi connectivity index (χ1v) is 5.68. The zero-order chi connectivity index (χ0) is 9.68. The lowest BCUT2D eigenvalue weighted by Gasteiger charge is -2.22. The Morgan fingerprint density at radius 3 is 2.46 bits per heavy atom. The molecule has 13 heavy (non-hydrogen) atoms. The van der Waals surface area contributed by atoms with Crippen molar-refractivity contribution in [1.29, 1.82) is 0 Å². The summed E-state index contributed by atoms with van der Waals surface area (Å²) < 4.78 is 0. The van der Waals surface area contributed by atoms with Crippen LogP contribution in [-0.2, 0) is 0 Å². The zero-order valence-corrected chi connectivity index (χ0v) is 9.13. The molecule has 0 radical (unpaired) electrons. The van der Waals surface area contributed by atoms with E-state index in [0.29, 0.717) is 0 Å². The average molecular weight is 184 g/mol. The summed E-state index contributed by atoms with van der Waals surface area (Å²) in [6.45, 7) is 7.93. The van der Waals surface area contributed by atoms with Crippen molar-refractivity contribution in [2.45, 2.75) is 45.6 Å². The molecule has 1 rings (SSSR count). The largest absolute Gasteiger partial charge is 0.330 e. The Morgan fingerprint density at radius 1 is 1.31 bits per heavy atom. The van der Waals surface area contributed by atoms with Gasteiger partial charge in [-0.15, -0.1) is 0 Å². The summed E-state index contributed by atoms with van der Waals surface area (Å²) in [5.41, 5.74) is 5.53. The topological polar surface area (TPSA) is 29.3 Å². The van der Waals surface area contributed by atoms with Crippen molar-refractivity contribution < 1.29 is 0 Å². The van der Waals surface area contributed by atoms with Crippen molar-refractivity contribution >= 4 is 0 Å². The maximum Gasteiger partial charge on any atom is 0.00964 e. The van der Waals surface area contributed by atoms with Crippen LogP contribution in [0.15, 0.2) is 0 Å². The fourth-order valence-corrected chi connectivity index (χ4v) is 1.64. The molecule has 0 aliphatic heterocycles. The van der Waals surface area contributed by atoms with Crippen LogP contribution < -0.4 is 5.73 Å². The van der Waals surface area contributed by atoms with Crippen LogP contribution in [-0.4, -0.2) is 30.6 Å². The van der Waals surface area contributed by atoms with Crippen LogP contribution >= 0.6 is 0 Å². The third-order valence-electron chi connectivity index (χ3n) is 2.71. The van der Waals surface area contributed by atoms with Gasteiger partial charge in [-0.05, 0) is 51.2 Å². The fraction of sp³-hybridized carbons (Fsp3) is 1.00. The molecule has 0 unspecified atom stereocenters. The number of nitrogens with zero attached hydrogens (tertiary/aromatic N) is 1. The molecule has 1 aliphatic rings. The molecule has 0 aromatic carbocycles. The molecule has 0 heterocycles. The molecule has 0 saturated heterocycles. The Labute approximate surface area is 82.5 Å². The Balaban J connectivity index is 2.13. The van der Waals surface area contributed by atoms with Crippen LogP contribution in [0.25, 0.3) is 0 Å². The van der Waals surface area contributed by atoms with Crippen molar-refractivity contribution in [3.63, 3.8) is 0 Å². The summed E-state index contributed by atoms with van der Waals surface area (Å²) in [5.74, 6) is 0.833. The van der Waals surface area contributed by atoms with Crippen LogP contribution in [0.4, 0.5) is 0 Å². The van der Waals surface area contributed by atoms with E-state index < -0.39 is 0 Å². The van der Waals surface area contributed by atoms with Gasteiger partial charge in [0.15, 0.2) is 0 Å². The van der Waals surface area contributed by atoms with Crippen molar-refractivity contribution in [2.75, 3.05) is 19.6 Å². The van der Waals surface area contributed by atoms with Gasteiger partial charge < -0.3 is 10.6 Å². The second-order valence-electron chi connectivity index (χ2n) is 4.59. The number of hydrogen-bond acceptors (Lipinski definition) is 2. The van der Waals surface area contributed by atoms with E-state index in [9.17, 15) is 0 Å². The lowest BCUT2D eigenvalue weighted by Crippen LogP contribution is -2.30. The van der Waals surface area contributed by atoms with E-state index in [2.05, 4.69) is 18.7 Å². The second-order valence-corrected chi connectivity index (χ2v) is 4.59. The summed E-state index contributed by atoms with van der Waals surface area (Å²) >= 11 is 0. The van der Waals surface area contributed by atoms with Crippen LogP contribution in [0, 0.1) is 5.92 Å². The maximum absolute atomic E-state index is 5.53. The third-order valence-corrected chi connectivity index (χ3v) is 2.71. The van der Waals surface area contributed by atoms with E-state index >= 15 is 0 Å². The minimum atomic E-state index is 0.833. The molecule has 1 fully saturated rings. The summed E-state index contributed by atoms with van der Waals surface area (Å²) in [6, 6.07) is 0.908. The van der Waals surface area contributed by atoms with Gasteiger partial charge in [-0.1, -0.05) is 13.8 Å². The second kappa shape index (κ2) is 5.61. The Bertz CT molecular complexity index is 130. The summed E-state index contributed by atoms with van der Waals surface area (Å²) in [6.07, 6.45) is 5.33. The SMILES string of the molecule is CC(C)CCN(CCCN)C1CC1.